The first kappa shape index (κ1) is 16.5. The second-order valence-corrected chi connectivity index (χ2v) is 5.98. The second-order valence-electron chi connectivity index (χ2n) is 4.82. The van der Waals surface area contributed by atoms with Crippen LogP contribution in [0.25, 0.3) is 0 Å². The number of hydrogen-bond donors (Lipinski definition) is 1. The Morgan fingerprint density at radius 3 is 2.59 bits per heavy atom. The van der Waals surface area contributed by atoms with Crippen molar-refractivity contribution >= 4 is 28.3 Å². The molecular formula is C18H18INO2. The van der Waals surface area contributed by atoms with E-state index in [2.05, 4.69) is 71.1 Å². The van der Waals surface area contributed by atoms with E-state index in [4.69, 9.17) is 15.9 Å². The number of anilines is 1. The van der Waals surface area contributed by atoms with Crippen molar-refractivity contribution in [3.63, 3.8) is 0 Å². The average Bonchev–Trinajstić information content (AvgIpc) is 2.53. The van der Waals surface area contributed by atoms with Gasteiger partial charge in [-0.2, -0.15) is 0 Å². The fourth-order valence-corrected chi connectivity index (χ4v) is 2.83. The Morgan fingerprint density at radius 1 is 1.23 bits per heavy atom. The molecule has 0 saturated carbocycles. The van der Waals surface area contributed by atoms with Gasteiger partial charge in [0.1, 0.15) is 6.61 Å². The highest BCUT2D eigenvalue weighted by atomic mass is 127. The quantitative estimate of drug-likeness (QED) is 0.574. The summed E-state index contributed by atoms with van der Waals surface area (Å²) in [5.74, 6) is 3.86. The van der Waals surface area contributed by atoms with Gasteiger partial charge in [0.25, 0.3) is 0 Å². The Labute approximate surface area is 145 Å². The van der Waals surface area contributed by atoms with Crippen LogP contribution >= 0.6 is 22.6 Å². The van der Waals surface area contributed by atoms with Gasteiger partial charge in [-0.15, -0.1) is 6.42 Å². The average molecular weight is 407 g/mol. The van der Waals surface area contributed by atoms with Crippen LogP contribution < -0.4 is 14.8 Å². The summed E-state index contributed by atoms with van der Waals surface area (Å²) in [7, 11) is 1.63. The summed E-state index contributed by atoms with van der Waals surface area (Å²) in [6.07, 6.45) is 5.24. The molecule has 0 bridgehead atoms. The number of rotatable bonds is 6. The van der Waals surface area contributed by atoms with Crippen LogP contribution in [-0.2, 0) is 6.54 Å². The largest absolute Gasteiger partial charge is 0.493 e. The molecule has 0 atom stereocenters. The van der Waals surface area contributed by atoms with Gasteiger partial charge in [-0.1, -0.05) is 23.6 Å². The maximum atomic E-state index is 5.55. The van der Waals surface area contributed by atoms with Gasteiger partial charge < -0.3 is 14.8 Å². The third kappa shape index (κ3) is 4.31. The van der Waals surface area contributed by atoms with E-state index in [-0.39, 0.29) is 6.61 Å². The Kier molecular flexibility index (Phi) is 5.96. The third-order valence-electron chi connectivity index (χ3n) is 3.14. The number of benzene rings is 2. The van der Waals surface area contributed by atoms with Gasteiger partial charge in [0.05, 0.1) is 10.7 Å². The van der Waals surface area contributed by atoms with Crippen LogP contribution in [-0.4, -0.2) is 13.7 Å². The van der Waals surface area contributed by atoms with Crippen molar-refractivity contribution in [1.82, 2.24) is 0 Å². The van der Waals surface area contributed by atoms with Crippen LogP contribution in [0.5, 0.6) is 11.5 Å². The molecule has 1 N–H and O–H groups in total. The summed E-state index contributed by atoms with van der Waals surface area (Å²) >= 11 is 2.23. The number of aryl methyl sites for hydroxylation is 1. The lowest BCUT2D eigenvalue weighted by atomic mass is 10.2. The summed E-state index contributed by atoms with van der Waals surface area (Å²) in [5.41, 5.74) is 3.46. The molecule has 0 heterocycles. The Balaban J connectivity index is 2.13. The molecule has 0 spiro atoms. The molecule has 0 aliphatic heterocycles. The molecule has 0 aromatic heterocycles. The van der Waals surface area contributed by atoms with Crippen LogP contribution in [0.3, 0.4) is 0 Å². The predicted molar refractivity (Wildman–Crippen MR) is 98.5 cm³/mol. The molecule has 0 aliphatic rings. The van der Waals surface area contributed by atoms with Crippen molar-refractivity contribution in [2.45, 2.75) is 13.5 Å². The lowest BCUT2D eigenvalue weighted by Gasteiger charge is -2.14. The molecule has 0 aliphatic carbocycles. The van der Waals surface area contributed by atoms with Crippen LogP contribution in [0.1, 0.15) is 11.1 Å². The summed E-state index contributed by atoms with van der Waals surface area (Å²) in [5, 5.41) is 3.40. The summed E-state index contributed by atoms with van der Waals surface area (Å²) < 4.78 is 11.9. The summed E-state index contributed by atoms with van der Waals surface area (Å²) in [4.78, 5) is 0. The minimum absolute atomic E-state index is 0.229. The highest BCUT2D eigenvalue weighted by Gasteiger charge is 2.11. The molecule has 2 aromatic carbocycles. The van der Waals surface area contributed by atoms with Gasteiger partial charge in [0.2, 0.25) is 0 Å². The maximum absolute atomic E-state index is 5.55. The first-order chi connectivity index (χ1) is 10.6. The molecule has 114 valence electrons. The van der Waals surface area contributed by atoms with Gasteiger partial charge in [0.15, 0.2) is 11.5 Å². The number of ether oxygens (including phenoxy) is 2. The van der Waals surface area contributed by atoms with Gasteiger partial charge in [0, 0.05) is 12.2 Å². The number of methoxy groups -OCH3 is 1. The summed E-state index contributed by atoms with van der Waals surface area (Å²) in [6.45, 7) is 3.02. The number of terminal acetylenes is 1. The minimum atomic E-state index is 0.229. The van der Waals surface area contributed by atoms with E-state index in [1.165, 1.54) is 5.56 Å². The molecule has 0 radical (unpaired) electrons. The third-order valence-corrected chi connectivity index (χ3v) is 3.94. The second kappa shape index (κ2) is 7.95. The predicted octanol–water partition coefficient (Wildman–Crippen LogP) is 4.23. The topological polar surface area (TPSA) is 30.5 Å². The van der Waals surface area contributed by atoms with Gasteiger partial charge in [-0.3, -0.25) is 0 Å². The normalized spacial score (nSPS) is 9.91. The van der Waals surface area contributed by atoms with E-state index in [0.29, 0.717) is 18.0 Å². The van der Waals surface area contributed by atoms with Crippen LogP contribution in [0.2, 0.25) is 0 Å². The van der Waals surface area contributed by atoms with Crippen molar-refractivity contribution in [3.8, 4) is 23.8 Å². The van der Waals surface area contributed by atoms with Crippen molar-refractivity contribution in [3.05, 3.63) is 51.1 Å². The van der Waals surface area contributed by atoms with E-state index in [0.717, 1.165) is 14.8 Å². The van der Waals surface area contributed by atoms with Crippen LogP contribution in [0.4, 0.5) is 5.69 Å². The highest BCUT2D eigenvalue weighted by molar-refractivity contribution is 14.1. The lowest BCUT2D eigenvalue weighted by Crippen LogP contribution is -2.03. The first-order valence-electron chi connectivity index (χ1n) is 6.87. The van der Waals surface area contributed by atoms with Crippen molar-refractivity contribution in [2.24, 2.45) is 0 Å². The van der Waals surface area contributed by atoms with Crippen LogP contribution in [0.15, 0.2) is 36.4 Å². The highest BCUT2D eigenvalue weighted by Crippen LogP contribution is 2.34. The first-order valence-corrected chi connectivity index (χ1v) is 7.95. The minimum Gasteiger partial charge on any atom is -0.493 e. The van der Waals surface area contributed by atoms with Gasteiger partial charge in [-0.25, -0.2) is 0 Å². The Hall–Kier alpha value is -1.87. The standard InChI is InChI=1S/C18H18INO2/c1-4-9-22-18-16(19)10-14(11-17(18)21-3)12-20-15-7-5-13(2)6-8-15/h1,5-8,10-11,20H,9,12H2,2-3H3. The molecule has 0 amide bonds. The Bertz CT molecular complexity index is 675. The molecule has 4 heteroatoms. The van der Waals surface area contributed by atoms with E-state index in [1.54, 1.807) is 7.11 Å². The number of hydrogen-bond acceptors (Lipinski definition) is 3. The monoisotopic (exact) mass is 407 g/mol. The molecule has 0 saturated heterocycles. The molecule has 2 rings (SSSR count). The van der Waals surface area contributed by atoms with Crippen LogP contribution in [0, 0.1) is 22.8 Å². The van der Waals surface area contributed by atoms with Gasteiger partial charge >= 0.3 is 0 Å². The Morgan fingerprint density at radius 2 is 1.95 bits per heavy atom. The molecular weight excluding hydrogens is 389 g/mol. The van der Waals surface area contributed by atoms with Crippen molar-refractivity contribution < 1.29 is 9.47 Å². The fourth-order valence-electron chi connectivity index (χ4n) is 2.00. The smallest absolute Gasteiger partial charge is 0.175 e. The molecule has 3 nitrogen and oxygen atoms in total. The fraction of sp³-hybridized carbons (Fsp3) is 0.222. The molecule has 22 heavy (non-hydrogen) atoms. The lowest BCUT2D eigenvalue weighted by molar-refractivity contribution is 0.328. The van der Waals surface area contributed by atoms with E-state index in [9.17, 15) is 0 Å². The van der Waals surface area contributed by atoms with E-state index >= 15 is 0 Å². The van der Waals surface area contributed by atoms with E-state index < -0.39 is 0 Å². The number of nitrogens with one attached hydrogen (secondary N) is 1. The zero-order valence-electron chi connectivity index (χ0n) is 12.7. The zero-order chi connectivity index (χ0) is 15.9. The molecule has 0 fully saturated rings. The van der Waals surface area contributed by atoms with E-state index in [1.807, 2.05) is 6.07 Å². The zero-order valence-corrected chi connectivity index (χ0v) is 14.8. The van der Waals surface area contributed by atoms with Crippen molar-refractivity contribution in [1.29, 1.82) is 0 Å². The molecule has 2 aromatic rings. The summed E-state index contributed by atoms with van der Waals surface area (Å²) in [6, 6.07) is 12.3. The van der Waals surface area contributed by atoms with Gasteiger partial charge in [-0.05, 0) is 59.3 Å². The SMILES string of the molecule is C#CCOc1c(I)cc(CNc2ccc(C)cc2)cc1OC. The molecule has 0 unspecified atom stereocenters. The van der Waals surface area contributed by atoms with Crippen molar-refractivity contribution in [2.75, 3.05) is 19.0 Å². The maximum Gasteiger partial charge on any atom is 0.175 e. The number of halogens is 1.